The van der Waals surface area contributed by atoms with Crippen molar-refractivity contribution in [3.05, 3.63) is 12.2 Å². The molecule has 0 atom stereocenters. The quantitative estimate of drug-likeness (QED) is 0.238. The number of ether oxygens (including phenoxy) is 1. The van der Waals surface area contributed by atoms with Gasteiger partial charge in [0.05, 0.1) is 16.8 Å². The van der Waals surface area contributed by atoms with Crippen molar-refractivity contribution in [3.8, 4) is 0 Å². The first-order chi connectivity index (χ1) is 9.33. The van der Waals surface area contributed by atoms with Crippen LogP contribution in [-0.4, -0.2) is 28.4 Å². The lowest BCUT2D eigenvalue weighted by Crippen LogP contribution is -2.14. The second kappa shape index (κ2) is 11.0. The Balaban J connectivity index is 3.18. The highest BCUT2D eigenvalue weighted by molar-refractivity contribution is 6.13. The maximum Gasteiger partial charge on any atom is 0.333 e. The molecule has 118 valence electrons. The third-order valence-corrected chi connectivity index (χ3v) is 3.59. The molecule has 5 heteroatoms. The molecule has 0 aromatic heterocycles. The highest BCUT2D eigenvalue weighted by Crippen LogP contribution is 2.18. The normalized spacial score (nSPS) is 11.6. The van der Waals surface area contributed by atoms with Gasteiger partial charge in [-0.15, -0.1) is 0 Å². The minimum Gasteiger partial charge on any atom is -0.462 e. The molecule has 0 spiro atoms. The van der Waals surface area contributed by atoms with E-state index in [0.717, 1.165) is 44.9 Å². The number of halogens is 2. The number of hydrogen-bond donors (Lipinski definition) is 0. The Hall–Kier alpha value is -0.713. The van der Waals surface area contributed by atoms with Crippen molar-refractivity contribution in [2.24, 2.45) is 0 Å². The second-order valence-electron chi connectivity index (χ2n) is 5.56. The first kappa shape index (κ1) is 19.3. The van der Waals surface area contributed by atoms with E-state index in [1.807, 2.05) is 0 Å². The van der Waals surface area contributed by atoms with Gasteiger partial charge in [0.1, 0.15) is 0 Å². The lowest BCUT2D eigenvalue weighted by molar-refractivity contribution is -0.139. The van der Waals surface area contributed by atoms with Crippen molar-refractivity contribution in [1.29, 1.82) is 0 Å². The highest BCUT2D eigenvalue weighted by Gasteiger charge is 2.18. The van der Waals surface area contributed by atoms with Gasteiger partial charge in [0.25, 0.3) is 0 Å². The summed E-state index contributed by atoms with van der Waals surface area (Å²) in [5, 5.41) is 0. The van der Waals surface area contributed by atoms with Gasteiger partial charge < -0.3 is 4.74 Å². The molecule has 0 aliphatic heterocycles. The zero-order chi connectivity index (χ0) is 15.4. The number of carbonyl (C=O) groups excluding carboxylic acids is 1. The van der Waals surface area contributed by atoms with Crippen LogP contribution in [0, 0.1) is 0 Å². The zero-order valence-corrected chi connectivity index (χ0v) is 14.9. The number of rotatable bonds is 12. The first-order valence-corrected chi connectivity index (χ1v) is 8.53. The van der Waals surface area contributed by atoms with Crippen molar-refractivity contribution in [2.45, 2.75) is 70.3 Å². The minimum absolute atomic E-state index is 0.0285. The summed E-state index contributed by atoms with van der Waals surface area (Å²) >= 11 is 0. The van der Waals surface area contributed by atoms with Crippen LogP contribution in [0.3, 0.4) is 0 Å². The first-order valence-electron chi connectivity index (χ1n) is 7.53. The molecule has 0 aromatic rings. The van der Waals surface area contributed by atoms with Crippen LogP contribution in [-0.2, 0) is 9.53 Å². The fourth-order valence-corrected chi connectivity index (χ4v) is 2.24. The summed E-state index contributed by atoms with van der Waals surface area (Å²) in [6, 6.07) is 0. The van der Waals surface area contributed by atoms with E-state index < -0.39 is 5.55 Å². The Morgan fingerprint density at radius 3 is 1.95 bits per heavy atom. The predicted molar refractivity (Wildman–Crippen MR) is 82.2 cm³/mol. The van der Waals surface area contributed by atoms with Crippen molar-refractivity contribution >= 4 is 16.2 Å². The molecule has 0 fully saturated rings. The van der Waals surface area contributed by atoms with Crippen molar-refractivity contribution in [2.75, 3.05) is 6.61 Å². The van der Waals surface area contributed by atoms with Gasteiger partial charge in [-0.05, 0) is 19.8 Å². The van der Waals surface area contributed by atoms with E-state index in [0.29, 0.717) is 18.6 Å². The summed E-state index contributed by atoms with van der Waals surface area (Å²) in [4.78, 5) is 11.1. The number of carbonyl (C=O) groups is 1. The predicted octanol–water partition coefficient (Wildman–Crippen LogP) is 3.57. The van der Waals surface area contributed by atoms with Gasteiger partial charge in [0, 0.05) is 12.0 Å². The molecule has 2 nitrogen and oxygen atoms in total. The van der Waals surface area contributed by atoms with Crippen LogP contribution < -0.4 is 0 Å². The van der Waals surface area contributed by atoms with Gasteiger partial charge in [-0.2, -0.15) is 0 Å². The van der Waals surface area contributed by atoms with Crippen LogP contribution in [0.1, 0.15) is 64.7 Å². The minimum atomic E-state index is -2.37. The number of alkyl halides is 2. The Kier molecular flexibility index (Phi) is 10.6. The van der Waals surface area contributed by atoms with Crippen LogP contribution in [0.4, 0.5) is 8.78 Å². The zero-order valence-electron chi connectivity index (χ0n) is 12.9. The maximum atomic E-state index is 12.6. The van der Waals surface area contributed by atoms with Crippen molar-refractivity contribution < 1.29 is 18.3 Å². The summed E-state index contributed by atoms with van der Waals surface area (Å²) in [7, 11) is -0.0285. The molecule has 0 aliphatic carbocycles. The summed E-state index contributed by atoms with van der Waals surface area (Å²) in [5.41, 5.74) is -1.94. The Morgan fingerprint density at radius 2 is 1.50 bits per heavy atom. The van der Waals surface area contributed by atoms with E-state index in [-0.39, 0.29) is 22.6 Å². The molecule has 0 radical (unpaired) electrons. The van der Waals surface area contributed by atoms with E-state index >= 15 is 0 Å². The van der Waals surface area contributed by atoms with Crippen LogP contribution in [0.25, 0.3) is 0 Å². The lowest BCUT2D eigenvalue weighted by atomic mass is 10.1. The van der Waals surface area contributed by atoms with Gasteiger partial charge in [-0.3, -0.25) is 0 Å². The molecule has 0 heterocycles. The largest absolute Gasteiger partial charge is 0.462 e. The Bertz CT molecular complexity index is 288. The monoisotopic (exact) mass is 306 g/mol. The van der Waals surface area contributed by atoms with E-state index in [1.165, 1.54) is 0 Å². The van der Waals surface area contributed by atoms with Gasteiger partial charge >= 0.3 is 5.97 Å². The van der Waals surface area contributed by atoms with E-state index in [1.54, 1.807) is 6.92 Å². The topological polar surface area (TPSA) is 26.3 Å². The van der Waals surface area contributed by atoms with Crippen LogP contribution in [0.5, 0.6) is 0 Å². The smallest absolute Gasteiger partial charge is 0.333 e. The maximum absolute atomic E-state index is 12.6. The molecule has 0 saturated heterocycles. The van der Waals surface area contributed by atoms with Gasteiger partial charge in [0.2, 0.25) is 5.55 Å². The molecule has 0 aromatic carbocycles. The molecule has 0 bridgehead atoms. The number of unbranched alkanes of at least 4 members (excludes halogenated alkanes) is 7. The molecule has 0 rings (SSSR count). The molecule has 0 amide bonds. The summed E-state index contributed by atoms with van der Waals surface area (Å²) in [6.45, 7) is 5.61. The standard InChI is InChI=1S/C15H28F2O2Si/c1-13(2)14(18)19-12-10-8-6-4-3-5-7-9-11-15(16,17)20/h1,3-12H2,2,20H3. The van der Waals surface area contributed by atoms with Crippen LogP contribution >= 0.6 is 0 Å². The Morgan fingerprint density at radius 1 is 1.05 bits per heavy atom. The molecule has 0 aliphatic rings. The third kappa shape index (κ3) is 13.7. The summed E-state index contributed by atoms with van der Waals surface area (Å²) < 4.78 is 30.2. The van der Waals surface area contributed by atoms with E-state index in [2.05, 4.69) is 6.58 Å². The molecule has 0 saturated carbocycles. The number of hydrogen-bond acceptors (Lipinski definition) is 2. The molecule has 0 unspecified atom stereocenters. The lowest BCUT2D eigenvalue weighted by Gasteiger charge is -2.09. The van der Waals surface area contributed by atoms with Crippen LogP contribution in [0.2, 0.25) is 0 Å². The third-order valence-electron chi connectivity index (χ3n) is 3.09. The van der Waals surface area contributed by atoms with Gasteiger partial charge in [-0.1, -0.05) is 45.1 Å². The summed E-state index contributed by atoms with van der Waals surface area (Å²) in [5.74, 6) is -0.319. The van der Waals surface area contributed by atoms with Crippen LogP contribution in [0.15, 0.2) is 12.2 Å². The average Bonchev–Trinajstić information content (AvgIpc) is 2.34. The Labute approximate surface area is 124 Å². The average molecular weight is 306 g/mol. The summed E-state index contributed by atoms with van der Waals surface area (Å²) in [6.07, 6.45) is 7.94. The molecule has 20 heavy (non-hydrogen) atoms. The highest BCUT2D eigenvalue weighted by atomic mass is 28.1. The van der Waals surface area contributed by atoms with Crippen molar-refractivity contribution in [3.63, 3.8) is 0 Å². The van der Waals surface area contributed by atoms with E-state index in [4.69, 9.17) is 4.74 Å². The fourth-order valence-electron chi connectivity index (χ4n) is 1.89. The molecule has 0 N–H and O–H groups in total. The van der Waals surface area contributed by atoms with E-state index in [9.17, 15) is 13.6 Å². The van der Waals surface area contributed by atoms with Crippen molar-refractivity contribution in [1.82, 2.24) is 0 Å². The second-order valence-corrected chi connectivity index (χ2v) is 7.03. The SMILES string of the molecule is C=C(C)C(=O)OCCCCCCCCCCC(F)(F)[SiH3]. The van der Waals surface area contributed by atoms with Gasteiger partial charge in [0.15, 0.2) is 0 Å². The molecular formula is C15H28F2O2Si. The molecular weight excluding hydrogens is 278 g/mol. The fraction of sp³-hybridized carbons (Fsp3) is 0.800. The number of esters is 1. The van der Waals surface area contributed by atoms with Gasteiger partial charge in [-0.25, -0.2) is 13.6 Å².